The summed E-state index contributed by atoms with van der Waals surface area (Å²) in [5, 5.41) is 0. The van der Waals surface area contributed by atoms with E-state index in [1.165, 1.54) is 25.6 Å². The summed E-state index contributed by atoms with van der Waals surface area (Å²) in [6, 6.07) is 1.88. The van der Waals surface area contributed by atoms with Crippen LogP contribution >= 0.6 is 11.3 Å². The number of aromatic nitrogens is 1. The molecule has 0 aromatic carbocycles. The van der Waals surface area contributed by atoms with Gasteiger partial charge >= 0.3 is 11.9 Å². The minimum absolute atomic E-state index is 0.182. The van der Waals surface area contributed by atoms with Crippen molar-refractivity contribution in [1.29, 1.82) is 0 Å². The number of rotatable bonds is 3. The molecule has 0 amide bonds. The molecule has 106 valence electrons. The van der Waals surface area contributed by atoms with Crippen molar-refractivity contribution in [2.24, 2.45) is 0 Å². The Kier molecular flexibility index (Phi) is 3.89. The van der Waals surface area contributed by atoms with E-state index in [1.807, 2.05) is 19.9 Å². The maximum absolute atomic E-state index is 11.6. The zero-order valence-electron chi connectivity index (χ0n) is 11.5. The smallest absolute Gasteiger partial charge is 0.376 e. The summed E-state index contributed by atoms with van der Waals surface area (Å²) < 4.78 is 14.5. The molecule has 0 saturated carbocycles. The molecule has 0 aliphatic carbocycles. The van der Waals surface area contributed by atoms with E-state index in [1.54, 1.807) is 0 Å². The van der Waals surface area contributed by atoms with E-state index in [0.717, 1.165) is 15.3 Å². The average molecular weight is 295 g/mol. The molecule has 0 unspecified atom stereocenters. The molecule has 0 bridgehead atoms. The van der Waals surface area contributed by atoms with Crippen molar-refractivity contribution < 1.29 is 23.5 Å². The minimum atomic E-state index is -0.769. The molecule has 6 nitrogen and oxygen atoms in total. The molecular formula is C13H13NO5S. The second-order valence-electron chi connectivity index (χ2n) is 4.03. The highest BCUT2D eigenvalue weighted by Gasteiger charge is 2.28. The van der Waals surface area contributed by atoms with Crippen LogP contribution in [-0.2, 0) is 9.47 Å². The van der Waals surface area contributed by atoms with E-state index in [2.05, 4.69) is 14.5 Å². The van der Waals surface area contributed by atoms with Crippen LogP contribution in [0, 0.1) is 13.8 Å². The molecule has 2 aromatic rings. The van der Waals surface area contributed by atoms with Gasteiger partial charge in [0, 0.05) is 4.88 Å². The number of thiophene rings is 1. The first-order chi connectivity index (χ1) is 9.47. The summed E-state index contributed by atoms with van der Waals surface area (Å²) in [5.74, 6) is -1.57. The Labute approximate surface area is 119 Å². The van der Waals surface area contributed by atoms with Gasteiger partial charge in [0.15, 0.2) is 0 Å². The van der Waals surface area contributed by atoms with Gasteiger partial charge in [-0.2, -0.15) is 0 Å². The van der Waals surface area contributed by atoms with Crippen LogP contribution in [0.15, 0.2) is 10.5 Å². The number of carbonyl (C=O) groups excluding carboxylic acids is 2. The third-order valence-electron chi connectivity index (χ3n) is 2.75. The highest BCUT2D eigenvalue weighted by atomic mass is 32.1. The van der Waals surface area contributed by atoms with E-state index in [4.69, 9.17) is 4.42 Å². The molecule has 0 atom stereocenters. The van der Waals surface area contributed by atoms with E-state index in [-0.39, 0.29) is 17.3 Å². The van der Waals surface area contributed by atoms with Crippen LogP contribution in [0.2, 0.25) is 0 Å². The number of carbonyl (C=O) groups is 2. The Bertz CT molecular complexity index is 617. The van der Waals surface area contributed by atoms with Crippen LogP contribution in [0.5, 0.6) is 0 Å². The van der Waals surface area contributed by atoms with E-state index >= 15 is 0 Å². The van der Waals surface area contributed by atoms with Gasteiger partial charge in [-0.15, -0.1) is 11.3 Å². The van der Waals surface area contributed by atoms with Crippen molar-refractivity contribution in [3.63, 3.8) is 0 Å². The van der Waals surface area contributed by atoms with Gasteiger partial charge in [-0.3, -0.25) is 0 Å². The summed E-state index contributed by atoms with van der Waals surface area (Å²) in [6.07, 6.45) is 0. The molecule has 0 fully saturated rings. The number of nitrogens with zero attached hydrogens (tertiary/aromatic N) is 1. The van der Waals surface area contributed by atoms with Crippen molar-refractivity contribution in [2.75, 3.05) is 14.2 Å². The predicted octanol–water partition coefficient (Wildman–Crippen LogP) is 2.59. The number of hydrogen-bond acceptors (Lipinski definition) is 7. The van der Waals surface area contributed by atoms with Crippen molar-refractivity contribution >= 4 is 23.3 Å². The molecule has 0 aliphatic rings. The van der Waals surface area contributed by atoms with E-state index in [9.17, 15) is 9.59 Å². The van der Waals surface area contributed by atoms with Crippen molar-refractivity contribution in [3.05, 3.63) is 28.0 Å². The number of oxazole rings is 1. The normalized spacial score (nSPS) is 10.4. The van der Waals surface area contributed by atoms with Gasteiger partial charge in [0.05, 0.1) is 19.1 Å². The van der Waals surface area contributed by atoms with E-state index < -0.39 is 11.9 Å². The second kappa shape index (κ2) is 5.46. The zero-order chi connectivity index (χ0) is 14.9. The first-order valence-corrected chi connectivity index (χ1v) is 6.54. The topological polar surface area (TPSA) is 78.6 Å². The average Bonchev–Trinajstić information content (AvgIpc) is 3.02. The molecule has 2 heterocycles. The highest BCUT2D eigenvalue weighted by molar-refractivity contribution is 7.15. The summed E-state index contributed by atoms with van der Waals surface area (Å²) >= 11 is 1.47. The SMILES string of the molecule is COC(=O)c1nc(-c2cc(C)c(C)s2)oc1C(=O)OC. The van der Waals surface area contributed by atoms with Crippen LogP contribution < -0.4 is 0 Å². The Hall–Kier alpha value is -2.15. The van der Waals surface area contributed by atoms with Crippen LogP contribution in [0.4, 0.5) is 0 Å². The van der Waals surface area contributed by atoms with Gasteiger partial charge in [-0.25, -0.2) is 14.6 Å². The van der Waals surface area contributed by atoms with Gasteiger partial charge in [0.1, 0.15) is 0 Å². The number of esters is 2. The van der Waals surface area contributed by atoms with Crippen LogP contribution in [0.1, 0.15) is 31.5 Å². The first-order valence-electron chi connectivity index (χ1n) is 5.72. The molecule has 0 radical (unpaired) electrons. The fourth-order valence-electron chi connectivity index (χ4n) is 1.57. The summed E-state index contributed by atoms with van der Waals surface area (Å²) in [4.78, 5) is 29.1. The van der Waals surface area contributed by atoms with Crippen LogP contribution in [0.3, 0.4) is 0 Å². The monoisotopic (exact) mass is 295 g/mol. The summed E-state index contributed by atoms with van der Waals surface area (Å²) in [7, 11) is 2.40. The summed E-state index contributed by atoms with van der Waals surface area (Å²) in [6.45, 7) is 3.93. The Morgan fingerprint density at radius 1 is 1.20 bits per heavy atom. The Morgan fingerprint density at radius 3 is 2.35 bits per heavy atom. The lowest BCUT2D eigenvalue weighted by molar-refractivity contribution is 0.0527. The van der Waals surface area contributed by atoms with Crippen molar-refractivity contribution in [1.82, 2.24) is 4.98 Å². The number of methoxy groups -OCH3 is 2. The molecule has 20 heavy (non-hydrogen) atoms. The maximum Gasteiger partial charge on any atom is 0.376 e. The number of ether oxygens (including phenoxy) is 2. The highest BCUT2D eigenvalue weighted by Crippen LogP contribution is 2.31. The van der Waals surface area contributed by atoms with E-state index in [0.29, 0.717) is 0 Å². The van der Waals surface area contributed by atoms with Crippen molar-refractivity contribution in [2.45, 2.75) is 13.8 Å². The molecule has 0 aliphatic heterocycles. The Balaban J connectivity index is 2.53. The summed E-state index contributed by atoms with van der Waals surface area (Å²) in [5.41, 5.74) is 0.903. The third kappa shape index (κ3) is 2.44. The Morgan fingerprint density at radius 2 is 1.85 bits per heavy atom. The second-order valence-corrected chi connectivity index (χ2v) is 5.29. The lowest BCUT2D eigenvalue weighted by atomic mass is 10.3. The van der Waals surface area contributed by atoms with Crippen molar-refractivity contribution in [3.8, 4) is 10.8 Å². The third-order valence-corrected chi connectivity index (χ3v) is 3.89. The number of aryl methyl sites for hydroxylation is 2. The van der Waals surface area contributed by atoms with Gasteiger partial charge in [0.2, 0.25) is 17.3 Å². The molecule has 0 spiro atoms. The first kappa shape index (κ1) is 14.3. The lowest BCUT2D eigenvalue weighted by Gasteiger charge is -1.96. The quantitative estimate of drug-likeness (QED) is 0.810. The minimum Gasteiger partial charge on any atom is -0.464 e. The largest absolute Gasteiger partial charge is 0.464 e. The molecule has 2 aromatic heterocycles. The number of hydrogen-bond donors (Lipinski definition) is 0. The fourth-order valence-corrected chi connectivity index (χ4v) is 2.53. The zero-order valence-corrected chi connectivity index (χ0v) is 12.3. The molecule has 0 saturated heterocycles. The molecule has 7 heteroatoms. The fraction of sp³-hybridized carbons (Fsp3) is 0.308. The maximum atomic E-state index is 11.6. The predicted molar refractivity (Wildman–Crippen MR) is 72.0 cm³/mol. The van der Waals surface area contributed by atoms with Gasteiger partial charge in [0.25, 0.3) is 0 Å². The lowest BCUT2D eigenvalue weighted by Crippen LogP contribution is -2.10. The van der Waals surface area contributed by atoms with Gasteiger partial charge < -0.3 is 13.9 Å². The van der Waals surface area contributed by atoms with Crippen LogP contribution in [-0.4, -0.2) is 31.1 Å². The standard InChI is InChI=1S/C13H13NO5S/c1-6-5-8(20-7(6)2)11-14-9(12(15)17-3)10(19-11)13(16)18-4/h5H,1-4H3. The van der Waals surface area contributed by atoms with Crippen LogP contribution in [0.25, 0.3) is 10.8 Å². The van der Waals surface area contributed by atoms with Gasteiger partial charge in [-0.1, -0.05) is 0 Å². The van der Waals surface area contributed by atoms with Gasteiger partial charge in [-0.05, 0) is 25.5 Å². The molecular weight excluding hydrogens is 282 g/mol. The molecule has 0 N–H and O–H groups in total. The molecule has 2 rings (SSSR count).